The van der Waals surface area contributed by atoms with Crippen LogP contribution in [0, 0.1) is 12.8 Å². The van der Waals surface area contributed by atoms with Crippen molar-refractivity contribution in [3.05, 3.63) is 29.8 Å². The number of nitrogens with one attached hydrogen (secondary N) is 1. The predicted octanol–water partition coefficient (Wildman–Crippen LogP) is 2.72. The van der Waals surface area contributed by atoms with E-state index in [1.807, 2.05) is 36.1 Å². The zero-order valence-electron chi connectivity index (χ0n) is 12.5. The van der Waals surface area contributed by atoms with Crippen LogP contribution in [0.15, 0.2) is 24.3 Å². The summed E-state index contributed by atoms with van der Waals surface area (Å²) in [6.07, 6.45) is 4.95. The van der Waals surface area contributed by atoms with Crippen LogP contribution in [0.5, 0.6) is 0 Å². The molecule has 1 N–H and O–H groups in total. The average molecular weight is 286 g/mol. The van der Waals surface area contributed by atoms with Crippen LogP contribution in [0.2, 0.25) is 0 Å². The van der Waals surface area contributed by atoms with E-state index in [4.69, 9.17) is 0 Å². The first-order chi connectivity index (χ1) is 10.1. The van der Waals surface area contributed by atoms with Gasteiger partial charge in [0.15, 0.2) is 0 Å². The molecule has 1 aromatic rings. The lowest BCUT2D eigenvalue weighted by molar-refractivity contribution is -0.129. The minimum absolute atomic E-state index is 0.0329. The normalized spacial score (nSPS) is 22.8. The number of hydrogen-bond donors (Lipinski definition) is 1. The van der Waals surface area contributed by atoms with Crippen molar-refractivity contribution in [3.63, 3.8) is 0 Å². The van der Waals surface area contributed by atoms with E-state index in [0.717, 1.165) is 24.1 Å². The third-order valence-electron chi connectivity index (χ3n) is 4.58. The van der Waals surface area contributed by atoms with Crippen molar-refractivity contribution >= 4 is 17.5 Å². The van der Waals surface area contributed by atoms with E-state index in [-0.39, 0.29) is 17.7 Å². The Morgan fingerprint density at radius 3 is 2.76 bits per heavy atom. The molecule has 1 heterocycles. The first-order valence-corrected chi connectivity index (χ1v) is 7.80. The summed E-state index contributed by atoms with van der Waals surface area (Å²) >= 11 is 0. The summed E-state index contributed by atoms with van der Waals surface area (Å²) in [6, 6.07) is 8.13. The molecule has 0 radical (unpaired) electrons. The molecule has 0 bridgehead atoms. The molecule has 4 heteroatoms. The minimum Gasteiger partial charge on any atom is -0.339 e. The number of benzene rings is 1. The maximum Gasteiger partial charge on any atom is 0.229 e. The molecule has 1 atom stereocenters. The van der Waals surface area contributed by atoms with Gasteiger partial charge in [-0.2, -0.15) is 0 Å². The molecular weight excluding hydrogens is 264 g/mol. The Hall–Kier alpha value is -1.84. The molecule has 1 aliphatic heterocycles. The summed E-state index contributed by atoms with van der Waals surface area (Å²) in [7, 11) is 0. The molecule has 0 aromatic heterocycles. The summed E-state index contributed by atoms with van der Waals surface area (Å²) in [6.45, 7) is 2.58. The lowest BCUT2D eigenvalue weighted by Gasteiger charge is -2.23. The molecule has 1 saturated heterocycles. The van der Waals surface area contributed by atoms with Crippen LogP contribution in [0.4, 0.5) is 5.69 Å². The number of rotatable bonds is 3. The number of hydrogen-bond acceptors (Lipinski definition) is 2. The maximum atomic E-state index is 12.3. The van der Waals surface area contributed by atoms with Crippen molar-refractivity contribution in [1.82, 2.24) is 4.90 Å². The Morgan fingerprint density at radius 2 is 2.05 bits per heavy atom. The Bertz CT molecular complexity index is 549. The van der Waals surface area contributed by atoms with Crippen molar-refractivity contribution in [1.29, 1.82) is 0 Å². The molecule has 112 valence electrons. The standard InChI is InChI=1S/C17H22N2O2/c1-12-5-4-6-14(9-12)18-17(21)13-10-16(20)19(11-13)15-7-2-3-8-15/h4-6,9,13,15H,2-3,7-8,10-11H2,1H3,(H,18,21)/t13-/m0/s1. The summed E-state index contributed by atoms with van der Waals surface area (Å²) < 4.78 is 0. The molecule has 3 rings (SSSR count). The number of nitrogens with zero attached hydrogens (tertiary/aromatic N) is 1. The molecule has 2 amide bonds. The van der Waals surface area contributed by atoms with Gasteiger partial charge in [-0.25, -0.2) is 0 Å². The highest BCUT2D eigenvalue weighted by Gasteiger charge is 2.38. The second kappa shape index (κ2) is 5.88. The summed E-state index contributed by atoms with van der Waals surface area (Å²) in [5.74, 6) is -0.0978. The molecule has 2 fully saturated rings. The Balaban J connectivity index is 1.62. The van der Waals surface area contributed by atoms with Gasteiger partial charge < -0.3 is 10.2 Å². The van der Waals surface area contributed by atoms with Gasteiger partial charge in [0.05, 0.1) is 5.92 Å². The zero-order valence-corrected chi connectivity index (χ0v) is 12.5. The third-order valence-corrected chi connectivity index (χ3v) is 4.58. The third kappa shape index (κ3) is 3.09. The SMILES string of the molecule is Cc1cccc(NC(=O)[C@H]2CC(=O)N(C3CCCC3)C2)c1. The van der Waals surface area contributed by atoms with E-state index in [1.54, 1.807) is 0 Å². The van der Waals surface area contributed by atoms with Gasteiger partial charge in [-0.1, -0.05) is 25.0 Å². The molecule has 21 heavy (non-hydrogen) atoms. The molecule has 1 saturated carbocycles. The quantitative estimate of drug-likeness (QED) is 0.929. The fourth-order valence-corrected chi connectivity index (χ4v) is 3.44. The highest BCUT2D eigenvalue weighted by Crippen LogP contribution is 2.30. The molecule has 1 aromatic carbocycles. The predicted molar refractivity (Wildman–Crippen MR) is 81.9 cm³/mol. The van der Waals surface area contributed by atoms with E-state index in [1.165, 1.54) is 12.8 Å². The van der Waals surface area contributed by atoms with Gasteiger partial charge >= 0.3 is 0 Å². The molecule has 4 nitrogen and oxygen atoms in total. The van der Waals surface area contributed by atoms with Crippen LogP contribution >= 0.6 is 0 Å². The number of anilines is 1. The number of amides is 2. The van der Waals surface area contributed by atoms with Crippen molar-refractivity contribution in [3.8, 4) is 0 Å². The van der Waals surface area contributed by atoms with Crippen LogP contribution in [0.1, 0.15) is 37.7 Å². The first kappa shape index (κ1) is 14.1. The Morgan fingerprint density at radius 1 is 1.29 bits per heavy atom. The van der Waals surface area contributed by atoms with Crippen LogP contribution in [0.25, 0.3) is 0 Å². The molecule has 0 unspecified atom stereocenters. The highest BCUT2D eigenvalue weighted by atomic mass is 16.2. The largest absolute Gasteiger partial charge is 0.339 e. The van der Waals surface area contributed by atoms with Gasteiger partial charge in [0.1, 0.15) is 0 Å². The topological polar surface area (TPSA) is 49.4 Å². The van der Waals surface area contributed by atoms with Gasteiger partial charge in [0.25, 0.3) is 0 Å². The van der Waals surface area contributed by atoms with E-state index >= 15 is 0 Å². The van der Waals surface area contributed by atoms with Crippen LogP contribution < -0.4 is 5.32 Å². The van der Waals surface area contributed by atoms with Crippen molar-refractivity contribution in [2.45, 2.75) is 45.1 Å². The van der Waals surface area contributed by atoms with Crippen LogP contribution in [0.3, 0.4) is 0 Å². The second-order valence-electron chi connectivity index (χ2n) is 6.24. The minimum atomic E-state index is -0.210. The van der Waals surface area contributed by atoms with Crippen LogP contribution in [-0.4, -0.2) is 29.3 Å². The molecule has 2 aliphatic rings. The van der Waals surface area contributed by atoms with Gasteiger partial charge in [-0.15, -0.1) is 0 Å². The fourth-order valence-electron chi connectivity index (χ4n) is 3.44. The van der Waals surface area contributed by atoms with Crippen LogP contribution in [-0.2, 0) is 9.59 Å². The van der Waals surface area contributed by atoms with Gasteiger partial charge in [-0.05, 0) is 37.5 Å². The van der Waals surface area contributed by atoms with Gasteiger partial charge in [0, 0.05) is 24.7 Å². The van der Waals surface area contributed by atoms with Gasteiger partial charge in [0.2, 0.25) is 11.8 Å². The Labute approximate surface area is 125 Å². The fraction of sp³-hybridized carbons (Fsp3) is 0.529. The van der Waals surface area contributed by atoms with Crippen molar-refractivity contribution in [2.24, 2.45) is 5.92 Å². The van der Waals surface area contributed by atoms with E-state index < -0.39 is 0 Å². The van der Waals surface area contributed by atoms with Crippen molar-refractivity contribution in [2.75, 3.05) is 11.9 Å². The molecular formula is C17H22N2O2. The van der Waals surface area contributed by atoms with E-state index in [9.17, 15) is 9.59 Å². The number of likely N-dealkylation sites (tertiary alicyclic amines) is 1. The number of carbonyl (C=O) groups excluding carboxylic acids is 2. The zero-order chi connectivity index (χ0) is 14.8. The number of aryl methyl sites for hydroxylation is 1. The van der Waals surface area contributed by atoms with E-state index in [0.29, 0.717) is 19.0 Å². The summed E-state index contributed by atoms with van der Waals surface area (Å²) in [5, 5.41) is 2.94. The highest BCUT2D eigenvalue weighted by molar-refractivity contribution is 5.97. The number of carbonyl (C=O) groups is 2. The lowest BCUT2D eigenvalue weighted by atomic mass is 10.1. The average Bonchev–Trinajstić information content (AvgIpc) is 3.07. The second-order valence-corrected chi connectivity index (χ2v) is 6.24. The van der Waals surface area contributed by atoms with Gasteiger partial charge in [-0.3, -0.25) is 9.59 Å². The van der Waals surface area contributed by atoms with E-state index in [2.05, 4.69) is 5.32 Å². The molecule has 1 aliphatic carbocycles. The molecule has 0 spiro atoms. The first-order valence-electron chi connectivity index (χ1n) is 7.80. The Kier molecular flexibility index (Phi) is 3.95. The monoisotopic (exact) mass is 286 g/mol. The smallest absolute Gasteiger partial charge is 0.229 e. The summed E-state index contributed by atoms with van der Waals surface area (Å²) in [4.78, 5) is 26.4. The maximum absolute atomic E-state index is 12.3. The lowest BCUT2D eigenvalue weighted by Crippen LogP contribution is -2.35. The summed E-state index contributed by atoms with van der Waals surface area (Å²) in [5.41, 5.74) is 1.93. The van der Waals surface area contributed by atoms with Crippen molar-refractivity contribution < 1.29 is 9.59 Å².